The Balaban J connectivity index is 2.17. The lowest BCUT2D eigenvalue weighted by Crippen LogP contribution is -2.02. The first-order valence-electron chi connectivity index (χ1n) is 6.11. The monoisotopic (exact) mass is 289 g/mol. The number of benzene rings is 2. The molecule has 2 N–H and O–H groups in total. The van der Waals surface area contributed by atoms with Crippen molar-refractivity contribution < 1.29 is 8.42 Å². The van der Waals surface area contributed by atoms with Gasteiger partial charge < -0.3 is 5.73 Å². The molecule has 0 aromatic heterocycles. The Morgan fingerprint density at radius 2 is 1.35 bits per heavy atom. The van der Waals surface area contributed by atoms with Gasteiger partial charge in [-0.2, -0.15) is 10.2 Å². The van der Waals surface area contributed by atoms with Crippen molar-refractivity contribution in [2.24, 2.45) is 10.2 Å². The van der Waals surface area contributed by atoms with Crippen LogP contribution in [0.2, 0.25) is 0 Å². The van der Waals surface area contributed by atoms with E-state index in [0.29, 0.717) is 22.0 Å². The Bertz CT molecular complexity index is 705. The number of hydrogen-bond acceptors (Lipinski definition) is 5. The number of nitrogens with zero attached hydrogens (tertiary/aromatic N) is 2. The first-order chi connectivity index (χ1) is 9.51. The maximum Gasteiger partial charge on any atom is 0.178 e. The molecular formula is C14H15N3O2S. The Kier molecular flexibility index (Phi) is 4.14. The van der Waals surface area contributed by atoms with Gasteiger partial charge in [-0.3, -0.25) is 0 Å². The zero-order valence-corrected chi connectivity index (χ0v) is 11.8. The lowest BCUT2D eigenvalue weighted by atomic mass is 10.3. The predicted octanol–water partition coefficient (Wildman–Crippen LogP) is 3.48. The quantitative estimate of drug-likeness (QED) is 0.690. The number of anilines is 1. The molecule has 0 saturated heterocycles. The number of hydrogen-bond donors (Lipinski definition) is 1. The zero-order chi connectivity index (χ0) is 14.6. The molecule has 2 aromatic rings. The van der Waals surface area contributed by atoms with Crippen LogP contribution in [0.4, 0.5) is 17.1 Å². The van der Waals surface area contributed by atoms with Crippen molar-refractivity contribution in [1.29, 1.82) is 0 Å². The second kappa shape index (κ2) is 5.83. The molecule has 0 amide bonds. The molecule has 6 heteroatoms. The molecule has 0 fully saturated rings. The van der Waals surface area contributed by atoms with Crippen LogP contribution in [0.1, 0.15) is 6.92 Å². The van der Waals surface area contributed by atoms with Gasteiger partial charge in [0.25, 0.3) is 0 Å². The van der Waals surface area contributed by atoms with E-state index in [1.54, 1.807) is 43.3 Å². The summed E-state index contributed by atoms with van der Waals surface area (Å²) in [6.07, 6.45) is 0. The number of nitrogen functional groups attached to an aromatic ring is 1. The highest BCUT2D eigenvalue weighted by atomic mass is 32.2. The Morgan fingerprint density at radius 1 is 0.900 bits per heavy atom. The Hall–Kier alpha value is -2.21. The van der Waals surface area contributed by atoms with Crippen molar-refractivity contribution in [2.75, 3.05) is 11.5 Å². The van der Waals surface area contributed by atoms with Gasteiger partial charge in [0.1, 0.15) is 0 Å². The summed E-state index contributed by atoms with van der Waals surface area (Å²) in [4.78, 5) is 0.298. The van der Waals surface area contributed by atoms with Gasteiger partial charge in [0.05, 0.1) is 22.0 Å². The van der Waals surface area contributed by atoms with Crippen LogP contribution in [0.25, 0.3) is 0 Å². The number of nitrogens with two attached hydrogens (primary N) is 1. The van der Waals surface area contributed by atoms with Crippen LogP contribution in [-0.4, -0.2) is 14.2 Å². The summed E-state index contributed by atoms with van der Waals surface area (Å²) >= 11 is 0. The topological polar surface area (TPSA) is 84.9 Å². The molecular weight excluding hydrogens is 274 g/mol. The maximum absolute atomic E-state index is 11.7. The fourth-order valence-corrected chi connectivity index (χ4v) is 2.43. The lowest BCUT2D eigenvalue weighted by Gasteiger charge is -2.00. The van der Waals surface area contributed by atoms with Crippen LogP contribution < -0.4 is 5.73 Å². The lowest BCUT2D eigenvalue weighted by molar-refractivity contribution is 0.597. The Morgan fingerprint density at radius 3 is 1.80 bits per heavy atom. The molecule has 104 valence electrons. The molecule has 0 heterocycles. The van der Waals surface area contributed by atoms with Crippen LogP contribution >= 0.6 is 0 Å². The summed E-state index contributed by atoms with van der Waals surface area (Å²) < 4.78 is 23.3. The largest absolute Gasteiger partial charge is 0.399 e. The molecule has 0 bridgehead atoms. The summed E-state index contributed by atoms with van der Waals surface area (Å²) in [5.74, 6) is 0.0826. The minimum absolute atomic E-state index is 0.0826. The highest BCUT2D eigenvalue weighted by Crippen LogP contribution is 2.21. The van der Waals surface area contributed by atoms with Gasteiger partial charge in [0.15, 0.2) is 9.84 Å². The van der Waals surface area contributed by atoms with Crippen LogP contribution in [-0.2, 0) is 9.84 Å². The van der Waals surface area contributed by atoms with E-state index >= 15 is 0 Å². The number of sulfone groups is 1. The first kappa shape index (κ1) is 14.2. The number of azo groups is 1. The molecule has 0 radical (unpaired) electrons. The highest BCUT2D eigenvalue weighted by molar-refractivity contribution is 7.91. The van der Waals surface area contributed by atoms with Crippen LogP contribution in [0.3, 0.4) is 0 Å². The van der Waals surface area contributed by atoms with E-state index in [1.807, 2.05) is 0 Å². The van der Waals surface area contributed by atoms with E-state index in [2.05, 4.69) is 10.2 Å². The molecule has 20 heavy (non-hydrogen) atoms. The zero-order valence-electron chi connectivity index (χ0n) is 11.0. The fourth-order valence-electron chi connectivity index (χ4n) is 1.54. The molecule has 0 spiro atoms. The van der Waals surface area contributed by atoms with Crippen LogP contribution in [0, 0.1) is 0 Å². The van der Waals surface area contributed by atoms with Gasteiger partial charge in [-0.1, -0.05) is 6.92 Å². The minimum Gasteiger partial charge on any atom is -0.399 e. The van der Waals surface area contributed by atoms with E-state index in [1.165, 1.54) is 12.1 Å². The number of rotatable bonds is 4. The van der Waals surface area contributed by atoms with Crippen LogP contribution in [0.5, 0.6) is 0 Å². The summed E-state index contributed by atoms with van der Waals surface area (Å²) in [6.45, 7) is 1.62. The molecule has 5 nitrogen and oxygen atoms in total. The molecule has 0 aliphatic rings. The Labute approximate surface area is 118 Å². The third-order valence-electron chi connectivity index (χ3n) is 2.75. The molecule has 0 aliphatic heterocycles. The van der Waals surface area contributed by atoms with Crippen molar-refractivity contribution in [1.82, 2.24) is 0 Å². The van der Waals surface area contributed by atoms with E-state index in [4.69, 9.17) is 5.73 Å². The summed E-state index contributed by atoms with van der Waals surface area (Å²) in [7, 11) is -3.17. The molecule has 0 aliphatic carbocycles. The third-order valence-corrected chi connectivity index (χ3v) is 4.50. The predicted molar refractivity (Wildman–Crippen MR) is 79.2 cm³/mol. The second-order valence-corrected chi connectivity index (χ2v) is 6.47. The van der Waals surface area contributed by atoms with Crippen molar-refractivity contribution in [3.05, 3.63) is 48.5 Å². The first-order valence-corrected chi connectivity index (χ1v) is 7.76. The van der Waals surface area contributed by atoms with Crippen molar-refractivity contribution in [2.45, 2.75) is 11.8 Å². The molecule has 0 atom stereocenters. The van der Waals surface area contributed by atoms with E-state index in [0.717, 1.165) is 0 Å². The smallest absolute Gasteiger partial charge is 0.178 e. The summed E-state index contributed by atoms with van der Waals surface area (Å²) in [5, 5.41) is 8.09. The van der Waals surface area contributed by atoms with E-state index in [-0.39, 0.29) is 5.75 Å². The van der Waals surface area contributed by atoms with Gasteiger partial charge in [-0.25, -0.2) is 8.42 Å². The van der Waals surface area contributed by atoms with Gasteiger partial charge in [0, 0.05) is 5.69 Å². The summed E-state index contributed by atoms with van der Waals surface area (Å²) in [5.41, 5.74) is 7.52. The highest BCUT2D eigenvalue weighted by Gasteiger charge is 2.10. The maximum atomic E-state index is 11.7. The van der Waals surface area contributed by atoms with Gasteiger partial charge in [-0.15, -0.1) is 0 Å². The van der Waals surface area contributed by atoms with E-state index < -0.39 is 9.84 Å². The molecule has 0 saturated carbocycles. The summed E-state index contributed by atoms with van der Waals surface area (Å²) in [6, 6.07) is 13.3. The van der Waals surface area contributed by atoms with Crippen LogP contribution in [0.15, 0.2) is 63.7 Å². The average molecular weight is 289 g/mol. The SMILES string of the molecule is CCS(=O)(=O)c1ccc(N=Nc2ccc(N)cc2)cc1. The fraction of sp³-hybridized carbons (Fsp3) is 0.143. The van der Waals surface area contributed by atoms with Crippen molar-refractivity contribution in [3.63, 3.8) is 0 Å². The van der Waals surface area contributed by atoms with Gasteiger partial charge >= 0.3 is 0 Å². The van der Waals surface area contributed by atoms with Crippen molar-refractivity contribution in [3.8, 4) is 0 Å². The molecule has 0 unspecified atom stereocenters. The van der Waals surface area contributed by atoms with Gasteiger partial charge in [0.2, 0.25) is 0 Å². The average Bonchev–Trinajstić information content (AvgIpc) is 2.47. The third kappa shape index (κ3) is 3.42. The molecule has 2 aromatic carbocycles. The van der Waals surface area contributed by atoms with E-state index in [9.17, 15) is 8.42 Å². The van der Waals surface area contributed by atoms with Crippen molar-refractivity contribution >= 4 is 26.9 Å². The minimum atomic E-state index is -3.17. The van der Waals surface area contributed by atoms with Gasteiger partial charge in [-0.05, 0) is 48.5 Å². The second-order valence-electron chi connectivity index (χ2n) is 4.19. The standard InChI is InChI=1S/C14H15N3O2S/c1-2-20(18,19)14-9-7-13(8-10-14)17-16-12-5-3-11(15)4-6-12/h3-10H,2,15H2,1H3. The molecule has 2 rings (SSSR count). The normalized spacial score (nSPS) is 11.8.